The molecule has 0 radical (unpaired) electrons. The minimum absolute atomic E-state index is 0.430. The lowest BCUT2D eigenvalue weighted by atomic mass is 10.2. The van der Waals surface area contributed by atoms with E-state index in [1.807, 2.05) is 30.3 Å². The van der Waals surface area contributed by atoms with Gasteiger partial charge in [0.05, 0.1) is 11.9 Å². The van der Waals surface area contributed by atoms with E-state index in [0.717, 1.165) is 5.69 Å². The third kappa shape index (κ3) is 2.26. The fourth-order valence-corrected chi connectivity index (χ4v) is 1.44. The van der Waals surface area contributed by atoms with Crippen LogP contribution in [0.2, 0.25) is 0 Å². The minimum atomic E-state index is -0.637. The van der Waals surface area contributed by atoms with Crippen molar-refractivity contribution in [3.05, 3.63) is 42.2 Å². The quantitative estimate of drug-likeness (QED) is 0.790. The molecule has 0 saturated heterocycles. The summed E-state index contributed by atoms with van der Waals surface area (Å²) in [6.07, 6.45) is 1.57. The van der Waals surface area contributed by atoms with Gasteiger partial charge in [-0.15, -0.1) is 5.10 Å². The Labute approximate surface area is 93.5 Å². The van der Waals surface area contributed by atoms with Crippen LogP contribution < -0.4 is 5.73 Å². The van der Waals surface area contributed by atoms with Gasteiger partial charge >= 0.3 is 0 Å². The van der Waals surface area contributed by atoms with E-state index < -0.39 is 6.10 Å². The van der Waals surface area contributed by atoms with Crippen LogP contribution >= 0.6 is 0 Å². The molecule has 84 valence electrons. The van der Waals surface area contributed by atoms with E-state index in [1.165, 1.54) is 0 Å². The second-order valence-electron chi connectivity index (χ2n) is 3.52. The highest BCUT2D eigenvalue weighted by molar-refractivity contribution is 5.30. The third-order valence-electron chi connectivity index (χ3n) is 2.31. The lowest BCUT2D eigenvalue weighted by molar-refractivity contribution is 0.165. The zero-order valence-corrected chi connectivity index (χ0v) is 8.82. The number of aliphatic hydroxyl groups excluding tert-OH is 1. The number of benzene rings is 1. The van der Waals surface area contributed by atoms with Crippen LogP contribution in [0.4, 0.5) is 0 Å². The summed E-state index contributed by atoms with van der Waals surface area (Å²) in [7, 11) is 0. The molecular formula is C11H14N4O. The van der Waals surface area contributed by atoms with E-state index in [9.17, 15) is 5.11 Å². The third-order valence-corrected chi connectivity index (χ3v) is 2.31. The number of nitrogens with two attached hydrogens (primary N) is 1. The molecule has 2 rings (SSSR count). The lowest BCUT2D eigenvalue weighted by Crippen LogP contribution is -2.06. The number of rotatable bonds is 4. The first-order chi connectivity index (χ1) is 7.81. The molecule has 2 aromatic rings. The summed E-state index contributed by atoms with van der Waals surface area (Å²) in [5.74, 6) is 0. The van der Waals surface area contributed by atoms with Crippen LogP contribution in [-0.4, -0.2) is 26.6 Å². The van der Waals surface area contributed by atoms with Crippen LogP contribution in [0.1, 0.15) is 18.2 Å². The molecule has 0 aliphatic heterocycles. The first-order valence-electron chi connectivity index (χ1n) is 5.17. The monoisotopic (exact) mass is 218 g/mol. The standard InChI is InChI=1S/C11H14N4O/c12-7-6-11(16)10-8-15(14-13-10)9-4-2-1-3-5-9/h1-5,8,11,16H,6-7,12H2. The van der Waals surface area contributed by atoms with Crippen LogP contribution in [0.15, 0.2) is 36.5 Å². The van der Waals surface area contributed by atoms with Gasteiger partial charge in [0.15, 0.2) is 0 Å². The molecule has 3 N–H and O–H groups in total. The molecule has 1 aromatic carbocycles. The summed E-state index contributed by atoms with van der Waals surface area (Å²) >= 11 is 0. The second kappa shape index (κ2) is 4.87. The van der Waals surface area contributed by atoms with E-state index in [2.05, 4.69) is 10.3 Å². The normalized spacial score (nSPS) is 12.6. The Morgan fingerprint density at radius 2 is 2.06 bits per heavy atom. The number of hydrogen-bond donors (Lipinski definition) is 2. The summed E-state index contributed by atoms with van der Waals surface area (Å²) in [5, 5.41) is 17.6. The van der Waals surface area contributed by atoms with Crippen LogP contribution in [0.5, 0.6) is 0 Å². The molecule has 1 atom stereocenters. The summed E-state index contributed by atoms with van der Waals surface area (Å²) in [6.45, 7) is 0.430. The number of aromatic nitrogens is 3. The minimum Gasteiger partial charge on any atom is -0.387 e. The number of nitrogens with zero attached hydrogens (tertiary/aromatic N) is 3. The fraction of sp³-hybridized carbons (Fsp3) is 0.273. The van der Waals surface area contributed by atoms with Crippen molar-refractivity contribution >= 4 is 0 Å². The number of aliphatic hydroxyl groups is 1. The molecular weight excluding hydrogens is 204 g/mol. The zero-order chi connectivity index (χ0) is 11.4. The van der Waals surface area contributed by atoms with Crippen molar-refractivity contribution in [2.24, 2.45) is 5.73 Å². The molecule has 0 amide bonds. The van der Waals surface area contributed by atoms with Crippen LogP contribution in [0, 0.1) is 0 Å². The SMILES string of the molecule is NCCC(O)c1cn(-c2ccccc2)nn1. The molecule has 1 heterocycles. The van der Waals surface area contributed by atoms with E-state index in [1.54, 1.807) is 10.9 Å². The molecule has 0 bridgehead atoms. The van der Waals surface area contributed by atoms with Gasteiger partial charge in [-0.1, -0.05) is 23.4 Å². The molecule has 0 saturated carbocycles. The molecule has 5 heteroatoms. The van der Waals surface area contributed by atoms with Gasteiger partial charge in [-0.25, -0.2) is 4.68 Å². The predicted molar refractivity (Wildman–Crippen MR) is 60.0 cm³/mol. The average Bonchev–Trinajstić information content (AvgIpc) is 2.80. The molecule has 1 aromatic heterocycles. The van der Waals surface area contributed by atoms with Crippen LogP contribution in [-0.2, 0) is 0 Å². The van der Waals surface area contributed by atoms with Crippen LogP contribution in [0.3, 0.4) is 0 Å². The zero-order valence-electron chi connectivity index (χ0n) is 8.82. The van der Waals surface area contributed by atoms with Crippen molar-refractivity contribution in [3.8, 4) is 5.69 Å². The van der Waals surface area contributed by atoms with Gasteiger partial charge in [0.25, 0.3) is 0 Å². The van der Waals surface area contributed by atoms with Crippen molar-refractivity contribution in [2.75, 3.05) is 6.54 Å². The Morgan fingerprint density at radius 1 is 1.31 bits per heavy atom. The highest BCUT2D eigenvalue weighted by Gasteiger charge is 2.11. The van der Waals surface area contributed by atoms with Gasteiger partial charge < -0.3 is 10.8 Å². The fourth-order valence-electron chi connectivity index (χ4n) is 1.44. The Kier molecular flexibility index (Phi) is 3.28. The Morgan fingerprint density at radius 3 is 2.75 bits per heavy atom. The summed E-state index contributed by atoms with van der Waals surface area (Å²) in [5.41, 5.74) is 6.84. The first kappa shape index (κ1) is 10.8. The maximum absolute atomic E-state index is 9.68. The Hall–Kier alpha value is -1.72. The van der Waals surface area contributed by atoms with E-state index in [-0.39, 0.29) is 0 Å². The van der Waals surface area contributed by atoms with Crippen molar-refractivity contribution in [3.63, 3.8) is 0 Å². The summed E-state index contributed by atoms with van der Waals surface area (Å²) < 4.78 is 1.63. The summed E-state index contributed by atoms with van der Waals surface area (Å²) in [4.78, 5) is 0. The van der Waals surface area contributed by atoms with Gasteiger partial charge in [0.1, 0.15) is 11.8 Å². The lowest BCUT2D eigenvalue weighted by Gasteiger charge is -2.03. The van der Waals surface area contributed by atoms with E-state index in [0.29, 0.717) is 18.7 Å². The van der Waals surface area contributed by atoms with Crippen molar-refractivity contribution in [2.45, 2.75) is 12.5 Å². The summed E-state index contributed by atoms with van der Waals surface area (Å²) in [6, 6.07) is 9.63. The van der Waals surface area contributed by atoms with E-state index in [4.69, 9.17) is 5.73 Å². The van der Waals surface area contributed by atoms with Gasteiger partial charge in [0, 0.05) is 0 Å². The molecule has 0 aliphatic carbocycles. The van der Waals surface area contributed by atoms with Gasteiger partial charge in [-0.05, 0) is 25.1 Å². The average molecular weight is 218 g/mol. The molecule has 0 aliphatic rings. The largest absolute Gasteiger partial charge is 0.387 e. The highest BCUT2D eigenvalue weighted by Crippen LogP contribution is 2.14. The molecule has 1 unspecified atom stereocenters. The smallest absolute Gasteiger partial charge is 0.112 e. The Bertz CT molecular complexity index is 440. The highest BCUT2D eigenvalue weighted by atomic mass is 16.3. The van der Waals surface area contributed by atoms with Crippen molar-refractivity contribution in [1.82, 2.24) is 15.0 Å². The number of para-hydroxylation sites is 1. The first-order valence-corrected chi connectivity index (χ1v) is 5.17. The molecule has 16 heavy (non-hydrogen) atoms. The maximum atomic E-state index is 9.68. The van der Waals surface area contributed by atoms with Crippen LogP contribution in [0.25, 0.3) is 5.69 Å². The topological polar surface area (TPSA) is 77.0 Å². The van der Waals surface area contributed by atoms with Crippen molar-refractivity contribution < 1.29 is 5.11 Å². The molecule has 0 spiro atoms. The van der Waals surface area contributed by atoms with Crippen molar-refractivity contribution in [1.29, 1.82) is 0 Å². The second-order valence-corrected chi connectivity index (χ2v) is 3.52. The van der Waals surface area contributed by atoms with Gasteiger partial charge in [-0.3, -0.25) is 0 Å². The number of hydrogen-bond acceptors (Lipinski definition) is 4. The van der Waals surface area contributed by atoms with E-state index >= 15 is 0 Å². The molecule has 5 nitrogen and oxygen atoms in total. The van der Waals surface area contributed by atoms with Gasteiger partial charge in [0.2, 0.25) is 0 Å². The predicted octanol–water partition coefficient (Wildman–Crippen LogP) is 0.650. The maximum Gasteiger partial charge on any atom is 0.112 e. The Balaban J connectivity index is 2.20. The molecule has 0 fully saturated rings. The van der Waals surface area contributed by atoms with Gasteiger partial charge in [-0.2, -0.15) is 0 Å².